The van der Waals surface area contributed by atoms with Crippen molar-refractivity contribution in [1.29, 1.82) is 0 Å². The van der Waals surface area contributed by atoms with Gasteiger partial charge in [-0.1, -0.05) is 36.2 Å². The molecule has 0 unspecified atom stereocenters. The molecule has 2 rings (SSSR count). The van der Waals surface area contributed by atoms with Crippen LogP contribution in [0, 0.1) is 0 Å². The zero-order valence-electron chi connectivity index (χ0n) is 13.4. The Morgan fingerprint density at radius 2 is 1.96 bits per heavy atom. The smallest absolute Gasteiger partial charge is 0.223 e. The van der Waals surface area contributed by atoms with E-state index < -0.39 is 0 Å². The number of nitrogens with one attached hydrogen (secondary N) is 1. The van der Waals surface area contributed by atoms with Crippen molar-refractivity contribution in [3.05, 3.63) is 33.8 Å². The Balaban J connectivity index is 0.00000264. The standard InChI is InChI=1S/C16H23Cl2N3O.ClH/c1-2-20(12-13-3-4-14(17)15(18)11-13)8-5-16(22)21-9-6-19-7-10-21;/h3-4,11,19H,2,5-10,12H2,1H3;1H. The van der Waals surface area contributed by atoms with Crippen LogP contribution in [-0.2, 0) is 11.3 Å². The number of carbonyl (C=O) groups is 1. The SMILES string of the molecule is CCN(CCC(=O)N1CCNCC1)Cc1ccc(Cl)c(Cl)c1.Cl. The molecular formula is C16H24Cl3N3O. The molecule has 1 saturated heterocycles. The third-order valence-electron chi connectivity index (χ3n) is 3.95. The number of halogens is 3. The van der Waals surface area contributed by atoms with Gasteiger partial charge in [0.2, 0.25) is 5.91 Å². The van der Waals surface area contributed by atoms with Gasteiger partial charge in [0.05, 0.1) is 10.0 Å². The van der Waals surface area contributed by atoms with Gasteiger partial charge in [-0.3, -0.25) is 9.69 Å². The molecule has 1 amide bonds. The van der Waals surface area contributed by atoms with Gasteiger partial charge >= 0.3 is 0 Å². The Morgan fingerprint density at radius 3 is 2.57 bits per heavy atom. The summed E-state index contributed by atoms with van der Waals surface area (Å²) in [4.78, 5) is 16.4. The molecule has 1 aliphatic heterocycles. The molecule has 0 bridgehead atoms. The maximum atomic E-state index is 12.2. The summed E-state index contributed by atoms with van der Waals surface area (Å²) in [5.74, 6) is 0.245. The Morgan fingerprint density at radius 1 is 1.26 bits per heavy atom. The monoisotopic (exact) mass is 379 g/mol. The van der Waals surface area contributed by atoms with Crippen LogP contribution in [0.4, 0.5) is 0 Å². The third-order valence-corrected chi connectivity index (χ3v) is 4.69. The topological polar surface area (TPSA) is 35.6 Å². The van der Waals surface area contributed by atoms with Gasteiger partial charge in [-0.2, -0.15) is 0 Å². The van der Waals surface area contributed by atoms with E-state index in [9.17, 15) is 4.79 Å². The number of hydrogen-bond acceptors (Lipinski definition) is 3. The summed E-state index contributed by atoms with van der Waals surface area (Å²) in [5, 5.41) is 4.41. The van der Waals surface area contributed by atoms with E-state index in [-0.39, 0.29) is 18.3 Å². The van der Waals surface area contributed by atoms with E-state index >= 15 is 0 Å². The molecule has 0 aromatic heterocycles. The number of piperazine rings is 1. The number of hydrogen-bond donors (Lipinski definition) is 1. The first kappa shape index (κ1) is 20.5. The number of amides is 1. The first-order valence-electron chi connectivity index (χ1n) is 7.75. The molecule has 1 N–H and O–H groups in total. The van der Waals surface area contributed by atoms with Crippen molar-refractivity contribution < 1.29 is 4.79 Å². The zero-order valence-corrected chi connectivity index (χ0v) is 15.7. The summed E-state index contributed by atoms with van der Waals surface area (Å²) in [5.41, 5.74) is 1.12. The van der Waals surface area contributed by atoms with Gasteiger partial charge in [-0.05, 0) is 24.2 Å². The predicted octanol–water partition coefficient (Wildman–Crippen LogP) is 3.06. The quantitative estimate of drug-likeness (QED) is 0.824. The average Bonchev–Trinajstić information content (AvgIpc) is 2.55. The molecule has 23 heavy (non-hydrogen) atoms. The summed E-state index contributed by atoms with van der Waals surface area (Å²) in [6, 6.07) is 5.69. The largest absolute Gasteiger partial charge is 0.340 e. The summed E-state index contributed by atoms with van der Waals surface area (Å²) < 4.78 is 0. The highest BCUT2D eigenvalue weighted by molar-refractivity contribution is 6.42. The molecule has 1 fully saturated rings. The van der Waals surface area contributed by atoms with Gasteiger partial charge in [0.25, 0.3) is 0 Å². The van der Waals surface area contributed by atoms with Crippen LogP contribution >= 0.6 is 35.6 Å². The van der Waals surface area contributed by atoms with Crippen LogP contribution in [0.3, 0.4) is 0 Å². The van der Waals surface area contributed by atoms with E-state index in [1.807, 2.05) is 23.1 Å². The number of nitrogens with zero attached hydrogens (tertiary/aromatic N) is 2. The Bertz CT molecular complexity index is 507. The van der Waals surface area contributed by atoms with E-state index in [1.54, 1.807) is 0 Å². The molecule has 1 aliphatic rings. The van der Waals surface area contributed by atoms with Crippen molar-refractivity contribution in [2.45, 2.75) is 19.9 Å². The summed E-state index contributed by atoms with van der Waals surface area (Å²) >= 11 is 12.0. The van der Waals surface area contributed by atoms with Crippen LogP contribution in [0.25, 0.3) is 0 Å². The molecule has 0 radical (unpaired) electrons. The van der Waals surface area contributed by atoms with Crippen molar-refractivity contribution in [3.8, 4) is 0 Å². The Hall–Kier alpha value is -0.520. The molecule has 7 heteroatoms. The minimum Gasteiger partial charge on any atom is -0.340 e. The lowest BCUT2D eigenvalue weighted by molar-refractivity contribution is -0.132. The van der Waals surface area contributed by atoms with E-state index in [2.05, 4.69) is 17.1 Å². The molecule has 4 nitrogen and oxygen atoms in total. The lowest BCUT2D eigenvalue weighted by Crippen LogP contribution is -2.47. The molecule has 1 aromatic rings. The molecule has 0 spiro atoms. The van der Waals surface area contributed by atoms with Gasteiger partial charge < -0.3 is 10.2 Å². The Labute approximate surface area is 154 Å². The van der Waals surface area contributed by atoms with Gasteiger partial charge in [-0.25, -0.2) is 0 Å². The number of carbonyl (C=O) groups excluding carboxylic acids is 1. The molecule has 1 aromatic carbocycles. The number of rotatable bonds is 6. The first-order valence-corrected chi connectivity index (χ1v) is 8.50. The fraction of sp³-hybridized carbons (Fsp3) is 0.562. The van der Waals surface area contributed by atoms with E-state index in [0.29, 0.717) is 16.5 Å². The maximum Gasteiger partial charge on any atom is 0.223 e. The fourth-order valence-electron chi connectivity index (χ4n) is 2.57. The molecule has 0 atom stereocenters. The molecule has 0 saturated carbocycles. The van der Waals surface area contributed by atoms with Gasteiger partial charge in [0.1, 0.15) is 0 Å². The summed E-state index contributed by atoms with van der Waals surface area (Å²) in [7, 11) is 0. The summed E-state index contributed by atoms with van der Waals surface area (Å²) in [6.07, 6.45) is 0.565. The highest BCUT2D eigenvalue weighted by atomic mass is 35.5. The van der Waals surface area contributed by atoms with Gasteiger partial charge in [-0.15, -0.1) is 12.4 Å². The van der Waals surface area contributed by atoms with E-state index in [1.165, 1.54) is 0 Å². The average molecular weight is 381 g/mol. The van der Waals surface area contributed by atoms with Crippen LogP contribution in [-0.4, -0.2) is 55.0 Å². The first-order chi connectivity index (χ1) is 10.6. The van der Waals surface area contributed by atoms with E-state index in [0.717, 1.165) is 51.4 Å². The second kappa shape index (κ2) is 10.4. The van der Waals surface area contributed by atoms with E-state index in [4.69, 9.17) is 23.2 Å². The minimum absolute atomic E-state index is 0. The molecular weight excluding hydrogens is 357 g/mol. The van der Waals surface area contributed by atoms with Crippen LogP contribution in [0.15, 0.2) is 18.2 Å². The third kappa shape index (κ3) is 6.48. The highest BCUT2D eigenvalue weighted by Gasteiger charge is 2.16. The minimum atomic E-state index is 0. The second-order valence-corrected chi connectivity index (χ2v) is 6.31. The fourth-order valence-corrected chi connectivity index (χ4v) is 2.89. The second-order valence-electron chi connectivity index (χ2n) is 5.50. The van der Waals surface area contributed by atoms with Crippen molar-refractivity contribution in [3.63, 3.8) is 0 Å². The van der Waals surface area contributed by atoms with Crippen molar-refractivity contribution in [1.82, 2.24) is 15.1 Å². The van der Waals surface area contributed by atoms with Crippen molar-refractivity contribution in [2.75, 3.05) is 39.3 Å². The lowest BCUT2D eigenvalue weighted by atomic mass is 10.2. The van der Waals surface area contributed by atoms with Crippen LogP contribution < -0.4 is 5.32 Å². The Kier molecular flexibility index (Phi) is 9.25. The highest BCUT2D eigenvalue weighted by Crippen LogP contribution is 2.23. The normalized spacial score (nSPS) is 14.7. The molecule has 0 aliphatic carbocycles. The molecule has 1 heterocycles. The van der Waals surface area contributed by atoms with Crippen molar-refractivity contribution >= 4 is 41.5 Å². The lowest BCUT2D eigenvalue weighted by Gasteiger charge is -2.28. The maximum absolute atomic E-state index is 12.2. The summed E-state index contributed by atoms with van der Waals surface area (Å²) in [6.45, 7) is 7.97. The van der Waals surface area contributed by atoms with Gasteiger partial charge in [0, 0.05) is 45.7 Å². The van der Waals surface area contributed by atoms with Gasteiger partial charge in [0.15, 0.2) is 0 Å². The van der Waals surface area contributed by atoms with Crippen LogP contribution in [0.2, 0.25) is 10.0 Å². The van der Waals surface area contributed by atoms with Crippen LogP contribution in [0.5, 0.6) is 0 Å². The van der Waals surface area contributed by atoms with Crippen LogP contribution in [0.1, 0.15) is 18.9 Å². The predicted molar refractivity (Wildman–Crippen MR) is 98.7 cm³/mol. The number of benzene rings is 1. The zero-order chi connectivity index (χ0) is 15.9. The van der Waals surface area contributed by atoms with Crippen molar-refractivity contribution in [2.24, 2.45) is 0 Å². The molecule has 130 valence electrons.